The molecule has 0 aliphatic heterocycles. The molecule has 1 aromatic carbocycles. The molecule has 4 heteroatoms. The van der Waals surface area contributed by atoms with Crippen LogP contribution in [0.5, 0.6) is 0 Å². The minimum atomic E-state index is -0.319. The highest BCUT2D eigenvalue weighted by molar-refractivity contribution is 5.73. The molecule has 0 bridgehead atoms. The average molecular weight is 206 g/mol. The number of nitrogens with zero attached hydrogens (tertiary/aromatic N) is 1. The fraction of sp³-hybridized carbons (Fsp3) is 0.364. The molecule has 0 amide bonds. The third kappa shape index (κ3) is 1.80. The fourth-order valence-corrected chi connectivity index (χ4v) is 1.63. The Hall–Kier alpha value is -1.55. The maximum absolute atomic E-state index is 11.2. The lowest BCUT2D eigenvalue weighted by molar-refractivity contribution is 0.528. The van der Waals surface area contributed by atoms with Crippen LogP contribution in [0.2, 0.25) is 0 Å². The van der Waals surface area contributed by atoms with Gasteiger partial charge in [-0.25, -0.2) is 4.79 Å². The van der Waals surface area contributed by atoms with Crippen molar-refractivity contribution >= 4 is 11.1 Å². The van der Waals surface area contributed by atoms with E-state index in [4.69, 9.17) is 10.2 Å². The van der Waals surface area contributed by atoms with Gasteiger partial charge in [0.1, 0.15) is 0 Å². The van der Waals surface area contributed by atoms with E-state index in [1.54, 1.807) is 7.05 Å². The Labute approximate surface area is 87.3 Å². The molecule has 0 atom stereocenters. The maximum atomic E-state index is 11.2. The van der Waals surface area contributed by atoms with E-state index in [9.17, 15) is 4.79 Å². The molecule has 0 saturated heterocycles. The van der Waals surface area contributed by atoms with E-state index in [1.165, 1.54) is 10.1 Å². The molecule has 0 aliphatic rings. The molecular weight excluding hydrogens is 192 g/mol. The van der Waals surface area contributed by atoms with Crippen molar-refractivity contribution in [2.45, 2.75) is 12.8 Å². The molecule has 15 heavy (non-hydrogen) atoms. The van der Waals surface area contributed by atoms with Gasteiger partial charge in [-0.15, -0.1) is 0 Å². The third-order valence-electron chi connectivity index (χ3n) is 2.53. The van der Waals surface area contributed by atoms with E-state index in [1.807, 2.05) is 18.2 Å². The Bertz CT molecular complexity index is 525. The zero-order valence-electron chi connectivity index (χ0n) is 8.69. The van der Waals surface area contributed by atoms with E-state index >= 15 is 0 Å². The van der Waals surface area contributed by atoms with Gasteiger partial charge in [0, 0.05) is 7.05 Å². The highest BCUT2D eigenvalue weighted by Gasteiger charge is 2.05. The second kappa shape index (κ2) is 3.90. The maximum Gasteiger partial charge on any atom is 0.419 e. The topological polar surface area (TPSA) is 61.2 Å². The lowest BCUT2D eigenvalue weighted by Gasteiger charge is -1.99. The summed E-state index contributed by atoms with van der Waals surface area (Å²) < 4.78 is 6.56. The molecule has 2 N–H and O–H groups in total. The van der Waals surface area contributed by atoms with Gasteiger partial charge in [-0.3, -0.25) is 4.57 Å². The quantitative estimate of drug-likeness (QED) is 0.815. The Kier molecular flexibility index (Phi) is 2.60. The van der Waals surface area contributed by atoms with Crippen LogP contribution in [-0.4, -0.2) is 11.1 Å². The SMILES string of the molecule is Cn1c(=O)oc2ccc(CCCN)cc21. The Balaban J connectivity index is 2.45. The molecule has 0 unspecified atom stereocenters. The summed E-state index contributed by atoms with van der Waals surface area (Å²) >= 11 is 0. The van der Waals surface area contributed by atoms with Gasteiger partial charge in [0.15, 0.2) is 5.58 Å². The van der Waals surface area contributed by atoms with Crippen LogP contribution in [-0.2, 0) is 13.5 Å². The van der Waals surface area contributed by atoms with Crippen molar-refractivity contribution < 1.29 is 4.42 Å². The molecule has 80 valence electrons. The number of hydrogen-bond acceptors (Lipinski definition) is 3. The number of aromatic nitrogens is 1. The van der Waals surface area contributed by atoms with Crippen molar-refractivity contribution in [3.63, 3.8) is 0 Å². The van der Waals surface area contributed by atoms with Crippen LogP contribution in [0.25, 0.3) is 11.1 Å². The monoisotopic (exact) mass is 206 g/mol. The minimum Gasteiger partial charge on any atom is -0.408 e. The number of hydrogen-bond donors (Lipinski definition) is 1. The van der Waals surface area contributed by atoms with E-state index < -0.39 is 0 Å². The summed E-state index contributed by atoms with van der Waals surface area (Å²) in [6, 6.07) is 5.79. The second-order valence-electron chi connectivity index (χ2n) is 3.62. The van der Waals surface area contributed by atoms with Gasteiger partial charge in [0.05, 0.1) is 5.52 Å². The molecule has 0 fully saturated rings. The number of aryl methyl sites for hydroxylation is 2. The largest absolute Gasteiger partial charge is 0.419 e. The van der Waals surface area contributed by atoms with Crippen LogP contribution < -0.4 is 11.5 Å². The van der Waals surface area contributed by atoms with Crippen molar-refractivity contribution in [3.05, 3.63) is 34.3 Å². The summed E-state index contributed by atoms with van der Waals surface area (Å²) in [4.78, 5) is 11.2. The van der Waals surface area contributed by atoms with Crippen molar-refractivity contribution in [1.82, 2.24) is 4.57 Å². The predicted octanol–water partition coefficient (Wildman–Crippen LogP) is 1.02. The van der Waals surface area contributed by atoms with E-state index in [2.05, 4.69) is 0 Å². The summed E-state index contributed by atoms with van der Waals surface area (Å²) in [6.07, 6.45) is 1.89. The molecule has 0 radical (unpaired) electrons. The van der Waals surface area contributed by atoms with Gasteiger partial charge in [-0.1, -0.05) is 6.07 Å². The predicted molar refractivity (Wildman–Crippen MR) is 58.8 cm³/mol. The first-order chi connectivity index (χ1) is 7.22. The van der Waals surface area contributed by atoms with Crippen LogP contribution in [0.4, 0.5) is 0 Å². The lowest BCUT2D eigenvalue weighted by atomic mass is 10.1. The molecule has 2 aromatic rings. The number of fused-ring (bicyclic) bond motifs is 1. The smallest absolute Gasteiger partial charge is 0.408 e. The number of rotatable bonds is 3. The van der Waals surface area contributed by atoms with Gasteiger partial charge >= 0.3 is 5.76 Å². The molecular formula is C11H14N2O2. The molecule has 1 aromatic heterocycles. The standard InChI is InChI=1S/C11H14N2O2/c1-13-9-7-8(3-2-6-12)4-5-10(9)15-11(13)14/h4-5,7H,2-3,6,12H2,1H3. The van der Waals surface area contributed by atoms with Crippen molar-refractivity contribution in [2.75, 3.05) is 6.54 Å². The molecule has 1 heterocycles. The van der Waals surface area contributed by atoms with Gasteiger partial charge in [-0.2, -0.15) is 0 Å². The number of nitrogens with two attached hydrogens (primary N) is 1. The normalized spacial score (nSPS) is 11.1. The Morgan fingerprint density at radius 1 is 1.47 bits per heavy atom. The Morgan fingerprint density at radius 3 is 3.00 bits per heavy atom. The summed E-state index contributed by atoms with van der Waals surface area (Å²) in [7, 11) is 1.71. The fourth-order valence-electron chi connectivity index (χ4n) is 1.63. The summed E-state index contributed by atoms with van der Waals surface area (Å²) in [6.45, 7) is 0.683. The molecule has 0 spiro atoms. The zero-order valence-corrected chi connectivity index (χ0v) is 8.69. The van der Waals surface area contributed by atoms with Gasteiger partial charge < -0.3 is 10.2 Å². The van der Waals surface area contributed by atoms with Crippen LogP contribution in [0, 0.1) is 0 Å². The van der Waals surface area contributed by atoms with Crippen molar-refractivity contribution in [3.8, 4) is 0 Å². The highest BCUT2D eigenvalue weighted by Crippen LogP contribution is 2.15. The van der Waals surface area contributed by atoms with E-state index in [-0.39, 0.29) is 5.76 Å². The van der Waals surface area contributed by atoms with Crippen molar-refractivity contribution in [1.29, 1.82) is 0 Å². The van der Waals surface area contributed by atoms with Crippen LogP contribution in [0.3, 0.4) is 0 Å². The number of oxazole rings is 1. The first kappa shape index (κ1) is 9.98. The minimum absolute atomic E-state index is 0.319. The van der Waals surface area contributed by atoms with Gasteiger partial charge in [0.2, 0.25) is 0 Å². The first-order valence-electron chi connectivity index (χ1n) is 5.01. The summed E-state index contributed by atoms with van der Waals surface area (Å²) in [5.74, 6) is -0.319. The first-order valence-corrected chi connectivity index (χ1v) is 5.01. The number of benzene rings is 1. The molecule has 0 saturated carbocycles. The summed E-state index contributed by atoms with van der Waals surface area (Å²) in [5.41, 5.74) is 8.11. The van der Waals surface area contributed by atoms with Crippen LogP contribution >= 0.6 is 0 Å². The molecule has 2 rings (SSSR count). The van der Waals surface area contributed by atoms with Crippen LogP contribution in [0.15, 0.2) is 27.4 Å². The van der Waals surface area contributed by atoms with E-state index in [0.717, 1.165) is 18.4 Å². The average Bonchev–Trinajstić information content (AvgIpc) is 2.52. The Morgan fingerprint density at radius 2 is 2.27 bits per heavy atom. The van der Waals surface area contributed by atoms with Gasteiger partial charge in [-0.05, 0) is 37.1 Å². The molecule has 0 aliphatic carbocycles. The van der Waals surface area contributed by atoms with Crippen LogP contribution in [0.1, 0.15) is 12.0 Å². The second-order valence-corrected chi connectivity index (χ2v) is 3.62. The lowest BCUT2D eigenvalue weighted by Crippen LogP contribution is -2.08. The highest BCUT2D eigenvalue weighted by atomic mass is 16.4. The van der Waals surface area contributed by atoms with Gasteiger partial charge in [0.25, 0.3) is 0 Å². The molecule has 4 nitrogen and oxygen atoms in total. The summed E-state index contributed by atoms with van der Waals surface area (Å²) in [5, 5.41) is 0. The zero-order chi connectivity index (χ0) is 10.8. The van der Waals surface area contributed by atoms with E-state index in [0.29, 0.717) is 12.1 Å². The third-order valence-corrected chi connectivity index (χ3v) is 2.53. The van der Waals surface area contributed by atoms with Crippen molar-refractivity contribution in [2.24, 2.45) is 12.8 Å².